The van der Waals surface area contributed by atoms with E-state index in [2.05, 4.69) is 15.3 Å². The minimum atomic E-state index is -3.18. The third-order valence-corrected chi connectivity index (χ3v) is 8.72. The molecule has 0 aliphatic carbocycles. The molecule has 2 aromatic heterocycles. The largest absolute Gasteiger partial charge is 0.481 e. The smallest absolute Gasteiger partial charge is 0.338 e. The highest BCUT2D eigenvalue weighted by atomic mass is 32.1. The number of alkyl halides is 2. The minimum absolute atomic E-state index is 0.0126. The maximum absolute atomic E-state index is 15.6. The summed E-state index contributed by atoms with van der Waals surface area (Å²) in [5, 5.41) is 16.1. The standard InChI is InChI=1S/C28H33F3N6O5S/c1-5-41-25(38)20-17(34-23(24-32-9-11-43-24)35-21(20)16-6-7-19(29)33-15(16)2)12-36-14-28(30,31)22-18(36)13-42-37(22)10-8-27(3,4)26(39)40/h6-7,9,11,18,21-22H,5,8,10,12-14H2,1-4H3,(H,34,35)(H,39,40)/t18-,21-,22+/m1/s1. The number of rotatable bonds is 10. The molecule has 0 bridgehead atoms. The van der Waals surface area contributed by atoms with Crippen LogP contribution in [0.2, 0.25) is 0 Å². The molecule has 2 N–H and O–H groups in total. The van der Waals surface area contributed by atoms with E-state index in [9.17, 15) is 19.1 Å². The van der Waals surface area contributed by atoms with Gasteiger partial charge in [-0.05, 0) is 40.2 Å². The summed E-state index contributed by atoms with van der Waals surface area (Å²) in [6.07, 6.45) is 1.71. The molecule has 2 fully saturated rings. The highest BCUT2D eigenvalue weighted by Crippen LogP contribution is 2.42. The normalized spacial score (nSPS) is 24.1. The topological polar surface area (TPSA) is 129 Å². The molecule has 3 atom stereocenters. The van der Waals surface area contributed by atoms with E-state index in [0.29, 0.717) is 27.8 Å². The number of pyridine rings is 1. The summed E-state index contributed by atoms with van der Waals surface area (Å²) >= 11 is 1.30. The number of nitrogens with one attached hydrogen (secondary N) is 1. The molecule has 5 heterocycles. The number of aliphatic imine (C=N–C) groups is 1. The summed E-state index contributed by atoms with van der Waals surface area (Å²) in [5.74, 6) is -5.26. The summed E-state index contributed by atoms with van der Waals surface area (Å²) in [4.78, 5) is 45.2. The van der Waals surface area contributed by atoms with Crippen molar-refractivity contribution in [2.75, 3.05) is 32.8 Å². The fourth-order valence-electron chi connectivity index (χ4n) is 5.56. The van der Waals surface area contributed by atoms with Gasteiger partial charge in [0.2, 0.25) is 5.95 Å². The van der Waals surface area contributed by atoms with E-state index in [1.165, 1.54) is 42.4 Å². The SMILES string of the molecule is CCOC(=O)C1=C(CN2CC(F)(F)[C@@H]3[C@H]2CON3CCC(C)(C)C(=O)O)NC(c2nccs2)=N[C@@H]1c1ccc(F)nc1C. The third-order valence-electron chi connectivity index (χ3n) is 7.94. The molecule has 0 radical (unpaired) electrons. The first-order valence-corrected chi connectivity index (χ1v) is 14.7. The second-order valence-electron chi connectivity index (χ2n) is 11.3. The van der Waals surface area contributed by atoms with Gasteiger partial charge in [0.1, 0.15) is 12.1 Å². The van der Waals surface area contributed by atoms with Gasteiger partial charge in [0.15, 0.2) is 10.8 Å². The molecule has 2 saturated heterocycles. The van der Waals surface area contributed by atoms with Crippen molar-refractivity contribution in [2.24, 2.45) is 10.4 Å². The number of halogens is 3. The van der Waals surface area contributed by atoms with E-state index in [1.54, 1.807) is 30.3 Å². The average molecular weight is 623 g/mol. The highest BCUT2D eigenvalue weighted by molar-refractivity contribution is 7.11. The Labute approximate surface area is 250 Å². The number of hydrogen-bond acceptors (Lipinski definition) is 11. The number of hydroxylamine groups is 2. The monoisotopic (exact) mass is 622 g/mol. The van der Waals surface area contributed by atoms with Crippen molar-refractivity contribution in [3.63, 3.8) is 0 Å². The predicted octanol–water partition coefficient (Wildman–Crippen LogP) is 3.33. The summed E-state index contributed by atoms with van der Waals surface area (Å²) in [5.41, 5.74) is 0.0540. The van der Waals surface area contributed by atoms with Gasteiger partial charge >= 0.3 is 11.9 Å². The number of carboxylic acid groups (broad SMARTS) is 1. The molecule has 15 heteroatoms. The number of thiazole rings is 1. The lowest BCUT2D eigenvalue weighted by Gasteiger charge is -2.30. The number of likely N-dealkylation sites (tertiary alicyclic amines) is 1. The molecule has 5 rings (SSSR count). The predicted molar refractivity (Wildman–Crippen MR) is 150 cm³/mol. The summed E-state index contributed by atoms with van der Waals surface area (Å²) in [7, 11) is 0. The van der Waals surface area contributed by atoms with Gasteiger partial charge in [-0.15, -0.1) is 11.3 Å². The number of carbonyl (C=O) groups is 2. The van der Waals surface area contributed by atoms with Crippen LogP contribution in [0.1, 0.15) is 49.5 Å². The Morgan fingerprint density at radius 2 is 2.09 bits per heavy atom. The number of aliphatic carboxylic acids is 1. The first-order valence-electron chi connectivity index (χ1n) is 13.8. The first kappa shape index (κ1) is 31.0. The average Bonchev–Trinajstić information content (AvgIpc) is 3.66. The zero-order valence-electron chi connectivity index (χ0n) is 24.1. The molecule has 0 saturated carbocycles. The quantitative estimate of drug-likeness (QED) is 0.301. The van der Waals surface area contributed by atoms with Gasteiger partial charge in [-0.25, -0.2) is 23.5 Å². The van der Waals surface area contributed by atoms with Crippen LogP contribution in [0.25, 0.3) is 0 Å². The van der Waals surface area contributed by atoms with Crippen LogP contribution in [0.4, 0.5) is 13.2 Å². The lowest BCUT2D eigenvalue weighted by Crippen LogP contribution is -2.46. The highest BCUT2D eigenvalue weighted by Gasteiger charge is 2.61. The van der Waals surface area contributed by atoms with Gasteiger partial charge in [-0.2, -0.15) is 9.45 Å². The van der Waals surface area contributed by atoms with Crippen LogP contribution in [0, 0.1) is 18.3 Å². The van der Waals surface area contributed by atoms with Crippen molar-refractivity contribution in [1.82, 2.24) is 25.2 Å². The molecule has 3 aliphatic rings. The number of aromatic nitrogens is 2. The summed E-state index contributed by atoms with van der Waals surface area (Å²) < 4.78 is 50.4. The number of amidine groups is 1. The van der Waals surface area contributed by atoms with E-state index in [-0.39, 0.29) is 38.3 Å². The maximum atomic E-state index is 15.6. The van der Waals surface area contributed by atoms with Gasteiger partial charge in [0.05, 0.1) is 36.8 Å². The molecule has 0 amide bonds. The summed E-state index contributed by atoms with van der Waals surface area (Å²) in [6, 6.07) is -0.341. The fraction of sp³-hybridized carbons (Fsp3) is 0.536. The van der Waals surface area contributed by atoms with Crippen molar-refractivity contribution >= 4 is 29.1 Å². The Morgan fingerprint density at radius 3 is 2.74 bits per heavy atom. The van der Waals surface area contributed by atoms with Gasteiger partial charge < -0.3 is 15.2 Å². The molecule has 2 aromatic rings. The van der Waals surface area contributed by atoms with E-state index in [1.807, 2.05) is 0 Å². The van der Waals surface area contributed by atoms with Crippen molar-refractivity contribution in [3.05, 3.63) is 57.2 Å². The van der Waals surface area contributed by atoms with Crippen LogP contribution < -0.4 is 5.32 Å². The Kier molecular flexibility index (Phi) is 8.62. The number of carbonyl (C=O) groups excluding carboxylic acids is 1. The fourth-order valence-corrected chi connectivity index (χ4v) is 6.15. The number of hydrogen-bond donors (Lipinski definition) is 2. The third kappa shape index (κ3) is 6.16. The van der Waals surface area contributed by atoms with Crippen LogP contribution >= 0.6 is 11.3 Å². The van der Waals surface area contributed by atoms with E-state index in [4.69, 9.17) is 14.6 Å². The van der Waals surface area contributed by atoms with Gasteiger partial charge in [-0.3, -0.25) is 19.5 Å². The molecule has 0 spiro atoms. The van der Waals surface area contributed by atoms with Crippen LogP contribution in [0.15, 0.2) is 40.0 Å². The van der Waals surface area contributed by atoms with E-state index in [0.717, 1.165) is 0 Å². The molecule has 232 valence electrons. The Morgan fingerprint density at radius 1 is 1.33 bits per heavy atom. The van der Waals surface area contributed by atoms with Crippen molar-refractivity contribution in [3.8, 4) is 0 Å². The van der Waals surface area contributed by atoms with Gasteiger partial charge in [-0.1, -0.05) is 6.07 Å². The minimum Gasteiger partial charge on any atom is -0.481 e. The van der Waals surface area contributed by atoms with E-state index >= 15 is 8.78 Å². The zero-order valence-corrected chi connectivity index (χ0v) is 25.0. The van der Waals surface area contributed by atoms with Crippen LogP contribution in [-0.2, 0) is 19.2 Å². The molecule has 0 unspecified atom stereocenters. The second-order valence-corrected chi connectivity index (χ2v) is 12.2. The first-order chi connectivity index (χ1) is 20.3. The van der Waals surface area contributed by atoms with Crippen LogP contribution in [0.3, 0.4) is 0 Å². The van der Waals surface area contributed by atoms with Crippen molar-refractivity contribution < 1.29 is 37.4 Å². The molecule has 11 nitrogen and oxygen atoms in total. The maximum Gasteiger partial charge on any atom is 0.338 e. The lowest BCUT2D eigenvalue weighted by atomic mass is 9.89. The molecule has 0 aromatic carbocycles. The number of fused-ring (bicyclic) bond motifs is 1. The number of aryl methyl sites for hydroxylation is 1. The zero-order chi connectivity index (χ0) is 31.1. The van der Waals surface area contributed by atoms with Gasteiger partial charge in [0.25, 0.3) is 5.92 Å². The van der Waals surface area contributed by atoms with Crippen molar-refractivity contribution in [2.45, 2.75) is 58.2 Å². The molecular weight excluding hydrogens is 589 g/mol. The lowest BCUT2D eigenvalue weighted by molar-refractivity contribution is -0.186. The Balaban J connectivity index is 1.50. The molecule has 43 heavy (non-hydrogen) atoms. The Hall–Kier alpha value is -3.40. The number of esters is 1. The number of carboxylic acids is 1. The van der Waals surface area contributed by atoms with Crippen molar-refractivity contribution in [1.29, 1.82) is 0 Å². The molecule has 3 aliphatic heterocycles. The van der Waals surface area contributed by atoms with E-state index < -0.39 is 53.9 Å². The molecular formula is C28H33F3N6O5S. The van der Waals surface area contributed by atoms with Crippen LogP contribution in [-0.4, -0.2) is 93.7 Å². The summed E-state index contributed by atoms with van der Waals surface area (Å²) in [6.45, 7) is 5.66. The van der Waals surface area contributed by atoms with Crippen LogP contribution in [0.5, 0.6) is 0 Å². The number of nitrogens with zero attached hydrogens (tertiary/aromatic N) is 5. The van der Waals surface area contributed by atoms with Gasteiger partial charge in [0, 0.05) is 41.6 Å². The second kappa shape index (κ2) is 11.9. The Bertz CT molecular complexity index is 1450. The number of ether oxygens (including phenoxy) is 1.